The van der Waals surface area contributed by atoms with E-state index in [2.05, 4.69) is 43.6 Å². The van der Waals surface area contributed by atoms with Crippen molar-refractivity contribution < 1.29 is 18.9 Å². The molecule has 1 aliphatic rings. The van der Waals surface area contributed by atoms with Gasteiger partial charge in [0.05, 0.1) is 36.7 Å². The van der Waals surface area contributed by atoms with Crippen molar-refractivity contribution >= 4 is 27.9 Å². The molecule has 11 nitrogen and oxygen atoms in total. The van der Waals surface area contributed by atoms with Crippen LogP contribution in [0.1, 0.15) is 30.9 Å². The Morgan fingerprint density at radius 3 is 2.57 bits per heavy atom. The molecule has 0 radical (unpaired) electrons. The van der Waals surface area contributed by atoms with Gasteiger partial charge in [-0.1, -0.05) is 6.08 Å². The standard InChI is InChI=1S/C33H33N7O4/c1-5-9-39-10-6-23(7-11-39)43-31-15-25-26(16-30(31)42-4)35-19-22(18-34)33(25)38-27-13-21(2)28(17-29(27)41-3)44-24-8-12-40-32(14-24)36-20-37-40/h5,8-9,12-17,19-20,23H,6-7,10-11H2,1-4H3,(H,35,38). The highest BCUT2D eigenvalue weighted by Gasteiger charge is 2.22. The Hall–Kier alpha value is -5.50. The minimum atomic E-state index is 0.0483. The van der Waals surface area contributed by atoms with E-state index in [1.54, 1.807) is 31.1 Å². The molecule has 6 rings (SSSR count). The van der Waals surface area contributed by atoms with Gasteiger partial charge in [-0.3, -0.25) is 4.98 Å². The van der Waals surface area contributed by atoms with Gasteiger partial charge in [-0.2, -0.15) is 10.4 Å². The predicted octanol–water partition coefficient (Wildman–Crippen LogP) is 6.39. The number of anilines is 2. The van der Waals surface area contributed by atoms with Gasteiger partial charge in [-0.05, 0) is 43.8 Å². The lowest BCUT2D eigenvalue weighted by molar-refractivity contribution is 0.119. The molecule has 2 aromatic carbocycles. The minimum Gasteiger partial charge on any atom is -0.494 e. The van der Waals surface area contributed by atoms with Crippen LogP contribution in [0.25, 0.3) is 16.6 Å². The van der Waals surface area contributed by atoms with Crippen LogP contribution in [0.3, 0.4) is 0 Å². The van der Waals surface area contributed by atoms with Gasteiger partial charge in [0.25, 0.3) is 0 Å². The Kier molecular flexibility index (Phi) is 8.06. The Labute approximate surface area is 255 Å². The zero-order valence-corrected chi connectivity index (χ0v) is 25.1. The molecule has 0 bridgehead atoms. The lowest BCUT2D eigenvalue weighted by atomic mass is 10.1. The number of allylic oxidation sites excluding steroid dienone is 1. The smallest absolute Gasteiger partial charge is 0.162 e. The monoisotopic (exact) mass is 591 g/mol. The highest BCUT2D eigenvalue weighted by Crippen LogP contribution is 2.41. The summed E-state index contributed by atoms with van der Waals surface area (Å²) in [5.41, 5.74) is 3.85. The predicted molar refractivity (Wildman–Crippen MR) is 167 cm³/mol. The maximum absolute atomic E-state index is 10.0. The third-order valence-electron chi connectivity index (χ3n) is 7.64. The van der Waals surface area contributed by atoms with Gasteiger partial charge in [0.1, 0.15) is 35.7 Å². The van der Waals surface area contributed by atoms with Crippen molar-refractivity contribution in [2.24, 2.45) is 0 Å². The molecule has 1 aliphatic heterocycles. The summed E-state index contributed by atoms with van der Waals surface area (Å²) in [6.45, 7) is 5.82. The Bertz CT molecular complexity index is 1890. The van der Waals surface area contributed by atoms with E-state index in [0.29, 0.717) is 56.8 Å². The van der Waals surface area contributed by atoms with Gasteiger partial charge in [0.2, 0.25) is 0 Å². The van der Waals surface area contributed by atoms with E-state index in [-0.39, 0.29) is 6.10 Å². The molecule has 11 heteroatoms. The zero-order chi connectivity index (χ0) is 30.6. The fourth-order valence-corrected chi connectivity index (χ4v) is 5.37. The van der Waals surface area contributed by atoms with Gasteiger partial charge in [-0.15, -0.1) is 0 Å². The molecule has 1 fully saturated rings. The van der Waals surface area contributed by atoms with E-state index in [4.69, 9.17) is 18.9 Å². The summed E-state index contributed by atoms with van der Waals surface area (Å²) in [6.07, 6.45) is 10.8. The molecule has 0 atom stereocenters. The van der Waals surface area contributed by atoms with Crippen molar-refractivity contribution in [3.05, 3.63) is 78.5 Å². The number of pyridine rings is 2. The second-order valence-corrected chi connectivity index (χ2v) is 10.5. The minimum absolute atomic E-state index is 0.0483. The Morgan fingerprint density at radius 2 is 1.82 bits per heavy atom. The normalized spacial score (nSPS) is 13.8. The van der Waals surface area contributed by atoms with Crippen molar-refractivity contribution in [2.45, 2.75) is 32.8 Å². The molecular weight excluding hydrogens is 558 g/mol. The van der Waals surface area contributed by atoms with Gasteiger partial charge < -0.3 is 29.2 Å². The van der Waals surface area contributed by atoms with Gasteiger partial charge in [-0.25, -0.2) is 9.50 Å². The fraction of sp³-hybridized carbons (Fsp3) is 0.273. The summed E-state index contributed by atoms with van der Waals surface area (Å²) >= 11 is 0. The molecule has 1 N–H and O–H groups in total. The van der Waals surface area contributed by atoms with Gasteiger partial charge in [0.15, 0.2) is 17.1 Å². The first-order valence-electron chi connectivity index (χ1n) is 14.4. The van der Waals surface area contributed by atoms with E-state index in [0.717, 1.165) is 36.9 Å². The topological polar surface area (TPSA) is 119 Å². The summed E-state index contributed by atoms with van der Waals surface area (Å²) in [4.78, 5) is 11.1. The fourth-order valence-electron chi connectivity index (χ4n) is 5.37. The molecule has 224 valence electrons. The van der Waals surface area contributed by atoms with Crippen LogP contribution in [0.15, 0.2) is 67.4 Å². The summed E-state index contributed by atoms with van der Waals surface area (Å²) in [5, 5.41) is 18.4. The number of nitriles is 1. The molecule has 0 amide bonds. The molecule has 44 heavy (non-hydrogen) atoms. The number of hydrogen-bond donors (Lipinski definition) is 1. The number of aromatic nitrogens is 4. The first kappa shape index (κ1) is 28.6. The second kappa shape index (κ2) is 12.4. The van der Waals surface area contributed by atoms with E-state index < -0.39 is 0 Å². The van der Waals surface area contributed by atoms with Crippen LogP contribution >= 0.6 is 0 Å². The first-order chi connectivity index (χ1) is 21.5. The summed E-state index contributed by atoms with van der Waals surface area (Å²) in [7, 11) is 3.21. The third kappa shape index (κ3) is 5.74. The van der Waals surface area contributed by atoms with E-state index in [1.807, 2.05) is 50.2 Å². The van der Waals surface area contributed by atoms with Crippen LogP contribution in [0, 0.1) is 18.3 Å². The largest absolute Gasteiger partial charge is 0.494 e. The number of nitrogens with one attached hydrogen (secondary N) is 1. The van der Waals surface area contributed by atoms with Crippen LogP contribution in [-0.4, -0.2) is 57.9 Å². The van der Waals surface area contributed by atoms with Crippen molar-refractivity contribution in [3.8, 4) is 34.8 Å². The number of rotatable bonds is 9. The summed E-state index contributed by atoms with van der Waals surface area (Å²) < 4.78 is 25.8. The zero-order valence-electron chi connectivity index (χ0n) is 25.1. The number of benzene rings is 2. The number of methoxy groups -OCH3 is 2. The molecule has 1 saturated heterocycles. The van der Waals surface area contributed by atoms with E-state index >= 15 is 0 Å². The maximum atomic E-state index is 10.0. The number of piperidine rings is 1. The molecule has 3 aromatic heterocycles. The SMILES string of the molecule is CC=CN1CCC(Oc2cc3c(Nc4cc(C)c(Oc5ccn6ncnc6c5)cc4OC)c(C#N)cnc3cc2OC)CC1. The third-order valence-corrected chi connectivity index (χ3v) is 7.64. The van der Waals surface area contributed by atoms with Crippen molar-refractivity contribution in [3.63, 3.8) is 0 Å². The van der Waals surface area contributed by atoms with Crippen LogP contribution in [0.2, 0.25) is 0 Å². The van der Waals surface area contributed by atoms with Crippen LogP contribution < -0.4 is 24.3 Å². The highest BCUT2D eigenvalue weighted by molar-refractivity contribution is 5.98. The Balaban J connectivity index is 1.33. The van der Waals surface area contributed by atoms with E-state index in [9.17, 15) is 5.26 Å². The number of fused-ring (bicyclic) bond motifs is 2. The molecule has 0 unspecified atom stereocenters. The molecule has 4 heterocycles. The number of hydrogen-bond acceptors (Lipinski definition) is 10. The average molecular weight is 592 g/mol. The van der Waals surface area contributed by atoms with Gasteiger partial charge >= 0.3 is 0 Å². The van der Waals surface area contributed by atoms with Crippen molar-refractivity contribution in [1.82, 2.24) is 24.5 Å². The Morgan fingerprint density at radius 1 is 1.00 bits per heavy atom. The number of nitrogens with zero attached hydrogens (tertiary/aromatic N) is 6. The number of aryl methyl sites for hydroxylation is 1. The number of likely N-dealkylation sites (tertiary alicyclic amines) is 1. The van der Waals surface area contributed by atoms with Crippen molar-refractivity contribution in [2.75, 3.05) is 32.6 Å². The molecular formula is C33H33N7O4. The van der Waals surface area contributed by atoms with Crippen molar-refractivity contribution in [1.29, 1.82) is 5.26 Å². The maximum Gasteiger partial charge on any atom is 0.162 e. The van der Waals surface area contributed by atoms with Crippen LogP contribution in [-0.2, 0) is 0 Å². The lowest BCUT2D eigenvalue weighted by Gasteiger charge is -2.31. The average Bonchev–Trinajstić information content (AvgIpc) is 3.51. The molecule has 5 aromatic rings. The van der Waals surface area contributed by atoms with Crippen LogP contribution in [0.4, 0.5) is 11.4 Å². The first-order valence-corrected chi connectivity index (χ1v) is 14.4. The van der Waals surface area contributed by atoms with E-state index in [1.165, 1.54) is 6.33 Å². The van der Waals surface area contributed by atoms with Crippen LogP contribution in [0.5, 0.6) is 28.7 Å². The lowest BCUT2D eigenvalue weighted by Crippen LogP contribution is -2.35. The summed E-state index contributed by atoms with van der Waals surface area (Å²) in [5.74, 6) is 2.99. The summed E-state index contributed by atoms with van der Waals surface area (Å²) in [6, 6.07) is 13.4. The number of ether oxygens (including phenoxy) is 4. The second-order valence-electron chi connectivity index (χ2n) is 10.5. The molecule has 0 spiro atoms. The molecule has 0 aliphatic carbocycles. The van der Waals surface area contributed by atoms with Gasteiger partial charge in [0, 0.05) is 61.9 Å². The quantitative estimate of drug-likeness (QED) is 0.207. The molecule has 0 saturated carbocycles. The highest BCUT2D eigenvalue weighted by atomic mass is 16.5.